The molecule has 0 unspecified atom stereocenters. The molecule has 3 aromatic rings. The van der Waals surface area contributed by atoms with Gasteiger partial charge in [0.15, 0.2) is 11.7 Å². The normalized spacial score (nSPS) is 15.6. The van der Waals surface area contributed by atoms with Crippen LogP contribution in [-0.4, -0.2) is 41.4 Å². The molecule has 9 nitrogen and oxygen atoms in total. The molecule has 4 N–H and O–H groups in total. The summed E-state index contributed by atoms with van der Waals surface area (Å²) < 4.78 is 11.0. The van der Waals surface area contributed by atoms with Crippen LogP contribution in [0.3, 0.4) is 0 Å². The second-order valence-electron chi connectivity index (χ2n) is 7.70. The summed E-state index contributed by atoms with van der Waals surface area (Å²) in [5.41, 5.74) is 5.95. The van der Waals surface area contributed by atoms with Gasteiger partial charge in [0.1, 0.15) is 5.75 Å². The number of allylic oxidation sites excluding steroid dienone is 1. The first-order chi connectivity index (χ1) is 17.0. The number of aromatic amines is 1. The Bertz CT molecular complexity index is 1330. The standard InChI is InChI=1S/C25H25N5O4S/c1-3-33-24(32)22-15(2)28-25(35)29-23(22)18-9-5-7-11-20(18)34-14-21(31)30-27-13-16-12-26-19-10-6-4-8-17(16)19/h4-13,23,26H,3,14H2,1-2H3,(H,30,31)(H2,28,29,35)/t23-/m0/s1. The number of H-pyrrole nitrogens is 1. The largest absolute Gasteiger partial charge is 0.483 e. The Hall–Kier alpha value is -4.18. The zero-order valence-corrected chi connectivity index (χ0v) is 20.1. The van der Waals surface area contributed by atoms with E-state index in [1.807, 2.05) is 36.5 Å². The molecule has 1 aliphatic heterocycles. The van der Waals surface area contributed by atoms with Crippen LogP contribution in [0.4, 0.5) is 0 Å². The number of ether oxygens (including phenoxy) is 2. The van der Waals surface area contributed by atoms with Crippen molar-refractivity contribution in [2.24, 2.45) is 5.10 Å². The van der Waals surface area contributed by atoms with Crippen LogP contribution < -0.4 is 20.8 Å². The number of esters is 1. The lowest BCUT2D eigenvalue weighted by atomic mass is 9.95. The lowest BCUT2D eigenvalue weighted by Crippen LogP contribution is -2.45. The number of amides is 1. The number of carbonyl (C=O) groups excluding carboxylic acids is 2. The predicted molar refractivity (Wildman–Crippen MR) is 137 cm³/mol. The highest BCUT2D eigenvalue weighted by atomic mass is 32.1. The number of aromatic nitrogens is 1. The number of benzene rings is 2. The number of rotatable bonds is 8. The molecule has 2 heterocycles. The molecule has 0 bridgehead atoms. The highest BCUT2D eigenvalue weighted by Crippen LogP contribution is 2.33. The van der Waals surface area contributed by atoms with Crippen LogP contribution in [0.1, 0.15) is 31.0 Å². The predicted octanol–water partition coefficient (Wildman–Crippen LogP) is 3.05. The number of hydrogen-bond donors (Lipinski definition) is 4. The number of nitrogens with one attached hydrogen (secondary N) is 4. The monoisotopic (exact) mass is 491 g/mol. The molecular formula is C25H25N5O4S. The van der Waals surface area contributed by atoms with Gasteiger partial charge in [-0.1, -0.05) is 36.4 Å². The topological polar surface area (TPSA) is 117 Å². The van der Waals surface area contributed by atoms with E-state index < -0.39 is 17.9 Å². The summed E-state index contributed by atoms with van der Waals surface area (Å²) in [4.78, 5) is 28.2. The molecule has 4 rings (SSSR count). The average Bonchev–Trinajstić information content (AvgIpc) is 3.25. The van der Waals surface area contributed by atoms with Gasteiger partial charge < -0.3 is 25.1 Å². The van der Waals surface area contributed by atoms with Gasteiger partial charge in [-0.25, -0.2) is 10.2 Å². The summed E-state index contributed by atoms with van der Waals surface area (Å²) >= 11 is 5.29. The minimum Gasteiger partial charge on any atom is -0.483 e. The van der Waals surface area contributed by atoms with E-state index in [-0.39, 0.29) is 13.2 Å². The van der Waals surface area contributed by atoms with Crippen LogP contribution >= 0.6 is 12.2 Å². The summed E-state index contributed by atoms with van der Waals surface area (Å²) in [6, 6.07) is 14.3. The molecule has 0 saturated carbocycles. The minimum absolute atomic E-state index is 0.240. The Balaban J connectivity index is 1.45. The van der Waals surface area contributed by atoms with Crippen molar-refractivity contribution in [2.75, 3.05) is 13.2 Å². The van der Waals surface area contributed by atoms with E-state index in [2.05, 4.69) is 26.1 Å². The lowest BCUT2D eigenvalue weighted by Gasteiger charge is -2.30. The van der Waals surface area contributed by atoms with E-state index in [1.165, 1.54) is 0 Å². The molecule has 2 aromatic carbocycles. The summed E-state index contributed by atoms with van der Waals surface area (Å²) in [6.45, 7) is 3.47. The maximum atomic E-state index is 12.6. The highest BCUT2D eigenvalue weighted by molar-refractivity contribution is 7.80. The molecule has 0 spiro atoms. The van der Waals surface area contributed by atoms with Gasteiger partial charge >= 0.3 is 5.97 Å². The van der Waals surface area contributed by atoms with Gasteiger partial charge in [0.2, 0.25) is 0 Å². The summed E-state index contributed by atoms with van der Waals surface area (Å²) in [7, 11) is 0. The first-order valence-electron chi connectivity index (χ1n) is 11.0. The van der Waals surface area contributed by atoms with Crippen molar-refractivity contribution < 1.29 is 19.1 Å². The second kappa shape index (κ2) is 10.8. The van der Waals surface area contributed by atoms with Gasteiger partial charge in [0.25, 0.3) is 5.91 Å². The fraction of sp³-hybridized carbons (Fsp3) is 0.200. The lowest BCUT2D eigenvalue weighted by molar-refractivity contribution is -0.139. The second-order valence-corrected chi connectivity index (χ2v) is 8.11. The van der Waals surface area contributed by atoms with E-state index >= 15 is 0 Å². The van der Waals surface area contributed by atoms with Crippen molar-refractivity contribution in [1.82, 2.24) is 21.0 Å². The number of hydrazone groups is 1. The smallest absolute Gasteiger partial charge is 0.338 e. The quantitative estimate of drug-likeness (QED) is 0.166. The molecule has 10 heteroatoms. The van der Waals surface area contributed by atoms with Crippen molar-refractivity contribution >= 4 is 46.3 Å². The molecule has 0 radical (unpaired) electrons. The molecule has 0 aliphatic carbocycles. The number of nitrogens with zero attached hydrogens (tertiary/aromatic N) is 1. The van der Waals surface area contributed by atoms with E-state index in [0.717, 1.165) is 16.5 Å². The van der Waals surface area contributed by atoms with Gasteiger partial charge in [-0.15, -0.1) is 0 Å². The third kappa shape index (κ3) is 5.49. The fourth-order valence-corrected chi connectivity index (χ4v) is 4.08. The number of thiocarbonyl (C=S) groups is 1. The molecule has 1 atom stereocenters. The van der Waals surface area contributed by atoms with Crippen LogP contribution in [0.5, 0.6) is 5.75 Å². The van der Waals surface area contributed by atoms with Gasteiger partial charge in [-0.2, -0.15) is 5.10 Å². The number of para-hydroxylation sites is 2. The van der Waals surface area contributed by atoms with Crippen molar-refractivity contribution in [3.05, 3.63) is 77.1 Å². The van der Waals surface area contributed by atoms with Gasteiger partial charge in [0, 0.05) is 33.9 Å². The van der Waals surface area contributed by atoms with Crippen molar-refractivity contribution in [3.8, 4) is 5.75 Å². The van der Waals surface area contributed by atoms with Crippen molar-refractivity contribution in [1.29, 1.82) is 0 Å². The Morgan fingerprint density at radius 1 is 1.17 bits per heavy atom. The molecule has 1 aliphatic rings. The van der Waals surface area contributed by atoms with Crippen LogP contribution in [0.2, 0.25) is 0 Å². The molecular weight excluding hydrogens is 466 g/mol. The minimum atomic E-state index is -0.595. The summed E-state index contributed by atoms with van der Waals surface area (Å²) in [5.74, 6) is -0.459. The number of fused-ring (bicyclic) bond motifs is 1. The molecule has 1 aromatic heterocycles. The summed E-state index contributed by atoms with van der Waals surface area (Å²) in [5, 5.41) is 11.5. The van der Waals surface area contributed by atoms with Crippen molar-refractivity contribution in [2.45, 2.75) is 19.9 Å². The molecule has 0 saturated heterocycles. The van der Waals surface area contributed by atoms with Crippen LogP contribution in [0.25, 0.3) is 10.9 Å². The number of carbonyl (C=O) groups is 2. The maximum absolute atomic E-state index is 12.6. The Morgan fingerprint density at radius 3 is 2.77 bits per heavy atom. The fourth-order valence-electron chi connectivity index (χ4n) is 3.81. The molecule has 35 heavy (non-hydrogen) atoms. The zero-order chi connectivity index (χ0) is 24.8. The third-order valence-electron chi connectivity index (χ3n) is 5.37. The average molecular weight is 492 g/mol. The van der Waals surface area contributed by atoms with Crippen molar-refractivity contribution in [3.63, 3.8) is 0 Å². The summed E-state index contributed by atoms with van der Waals surface area (Å²) in [6.07, 6.45) is 3.39. The SMILES string of the molecule is CCOC(=O)C1=C(C)NC(=S)N[C@H]1c1ccccc1OCC(=O)NN=Cc1c[nH]c2ccccc12. The Kier molecular flexibility index (Phi) is 7.41. The highest BCUT2D eigenvalue weighted by Gasteiger charge is 2.32. The Morgan fingerprint density at radius 2 is 1.94 bits per heavy atom. The van der Waals surface area contributed by atoms with Crippen LogP contribution in [-0.2, 0) is 14.3 Å². The van der Waals surface area contributed by atoms with Gasteiger partial charge in [-0.3, -0.25) is 4.79 Å². The van der Waals surface area contributed by atoms with Gasteiger partial charge in [0.05, 0.1) is 24.4 Å². The van der Waals surface area contributed by atoms with E-state index in [4.69, 9.17) is 21.7 Å². The maximum Gasteiger partial charge on any atom is 0.338 e. The van der Waals surface area contributed by atoms with E-state index in [0.29, 0.717) is 27.7 Å². The number of hydrogen-bond acceptors (Lipinski definition) is 6. The van der Waals surface area contributed by atoms with E-state index in [1.54, 1.807) is 38.3 Å². The molecule has 1 amide bonds. The van der Waals surface area contributed by atoms with Crippen LogP contribution in [0.15, 0.2) is 71.1 Å². The third-order valence-corrected chi connectivity index (χ3v) is 5.59. The first-order valence-corrected chi connectivity index (χ1v) is 11.4. The van der Waals surface area contributed by atoms with E-state index in [9.17, 15) is 9.59 Å². The first kappa shape index (κ1) is 24.0. The van der Waals surface area contributed by atoms with Crippen LogP contribution in [0, 0.1) is 0 Å². The molecule has 180 valence electrons. The van der Waals surface area contributed by atoms with Gasteiger partial charge in [-0.05, 0) is 38.2 Å². The zero-order valence-electron chi connectivity index (χ0n) is 19.3. The molecule has 0 fully saturated rings. The Labute approximate surface area is 207 Å².